The van der Waals surface area contributed by atoms with Gasteiger partial charge in [0.15, 0.2) is 5.82 Å². The Labute approximate surface area is 114 Å². The van der Waals surface area contributed by atoms with Crippen LogP contribution >= 0.6 is 11.5 Å². The van der Waals surface area contributed by atoms with Gasteiger partial charge in [-0.05, 0) is 25.4 Å². The Morgan fingerprint density at radius 2 is 2.11 bits per heavy atom. The number of hydrogen-bond donors (Lipinski definition) is 5. The molecule has 106 valence electrons. The highest BCUT2D eigenvalue weighted by Gasteiger charge is 2.21. The molecule has 0 radical (unpaired) electrons. The molecule has 19 heavy (non-hydrogen) atoms. The van der Waals surface area contributed by atoms with E-state index in [-0.39, 0.29) is 29.9 Å². The SMILES string of the molecule is CC(C)NC(=O)c1c(N)nsc1NCC(O)C(N)=O. The zero-order valence-corrected chi connectivity index (χ0v) is 11.5. The summed E-state index contributed by atoms with van der Waals surface area (Å²) in [7, 11) is 0. The van der Waals surface area contributed by atoms with E-state index < -0.39 is 12.0 Å². The van der Waals surface area contributed by atoms with Crippen LogP contribution < -0.4 is 22.1 Å². The van der Waals surface area contributed by atoms with Crippen LogP contribution in [-0.2, 0) is 4.79 Å². The third kappa shape index (κ3) is 4.07. The van der Waals surface area contributed by atoms with Gasteiger partial charge in [-0.1, -0.05) is 0 Å². The Bertz CT molecular complexity index is 474. The standard InChI is InChI=1S/C10H17N5O3S/c1-4(2)14-9(18)6-7(11)15-19-10(6)13-3-5(16)8(12)17/h4-5,13,16H,3H2,1-2H3,(H2,11,15)(H2,12,17)(H,14,18). The highest BCUT2D eigenvalue weighted by Crippen LogP contribution is 2.26. The number of aromatic nitrogens is 1. The fraction of sp³-hybridized carbons (Fsp3) is 0.500. The quantitative estimate of drug-likeness (QED) is 0.460. The fourth-order valence-corrected chi connectivity index (χ4v) is 1.98. The van der Waals surface area contributed by atoms with Gasteiger partial charge in [0, 0.05) is 6.04 Å². The lowest BCUT2D eigenvalue weighted by Gasteiger charge is -2.11. The molecular formula is C10H17N5O3S. The fourth-order valence-electron chi connectivity index (χ4n) is 1.27. The van der Waals surface area contributed by atoms with Crippen LogP contribution in [0.2, 0.25) is 0 Å². The molecule has 0 bridgehead atoms. The second-order valence-corrected chi connectivity index (χ2v) is 4.97. The Balaban J connectivity index is 2.80. The first-order valence-corrected chi connectivity index (χ1v) is 6.37. The van der Waals surface area contributed by atoms with Gasteiger partial charge in [-0.25, -0.2) is 0 Å². The molecule has 0 spiro atoms. The molecular weight excluding hydrogens is 270 g/mol. The van der Waals surface area contributed by atoms with Crippen molar-refractivity contribution in [3.05, 3.63) is 5.56 Å². The van der Waals surface area contributed by atoms with Gasteiger partial charge in [-0.15, -0.1) is 0 Å². The van der Waals surface area contributed by atoms with Crippen molar-refractivity contribution in [1.29, 1.82) is 0 Å². The summed E-state index contributed by atoms with van der Waals surface area (Å²) >= 11 is 0.975. The van der Waals surface area contributed by atoms with Gasteiger partial charge in [0.25, 0.3) is 5.91 Å². The first-order valence-electron chi connectivity index (χ1n) is 5.60. The molecule has 2 amide bonds. The molecule has 0 aliphatic rings. The monoisotopic (exact) mass is 287 g/mol. The number of primary amides is 1. The maximum absolute atomic E-state index is 11.9. The van der Waals surface area contributed by atoms with Crippen LogP contribution in [0.25, 0.3) is 0 Å². The Morgan fingerprint density at radius 3 is 2.63 bits per heavy atom. The van der Waals surface area contributed by atoms with Crippen LogP contribution in [0.4, 0.5) is 10.8 Å². The Morgan fingerprint density at radius 1 is 1.47 bits per heavy atom. The predicted octanol–water partition coefficient (Wildman–Crippen LogP) is -0.878. The predicted molar refractivity (Wildman–Crippen MR) is 72.8 cm³/mol. The minimum absolute atomic E-state index is 0.0455. The maximum Gasteiger partial charge on any atom is 0.258 e. The van der Waals surface area contributed by atoms with Gasteiger partial charge in [-0.2, -0.15) is 4.37 Å². The van der Waals surface area contributed by atoms with Crippen molar-refractivity contribution in [3.63, 3.8) is 0 Å². The second kappa shape index (κ2) is 6.34. The van der Waals surface area contributed by atoms with E-state index in [1.807, 2.05) is 13.8 Å². The average Bonchev–Trinajstić information content (AvgIpc) is 2.66. The summed E-state index contributed by atoms with van der Waals surface area (Å²) in [6, 6.07) is -0.0455. The number of rotatable bonds is 6. The first kappa shape index (κ1) is 15.2. The van der Waals surface area contributed by atoms with Gasteiger partial charge >= 0.3 is 0 Å². The summed E-state index contributed by atoms with van der Waals surface area (Å²) in [6.45, 7) is 3.52. The number of carbonyl (C=O) groups is 2. The first-order chi connectivity index (χ1) is 8.82. The molecule has 7 N–H and O–H groups in total. The highest BCUT2D eigenvalue weighted by atomic mass is 32.1. The molecule has 1 aromatic heterocycles. The largest absolute Gasteiger partial charge is 0.382 e. The molecule has 0 aliphatic carbocycles. The molecule has 0 saturated heterocycles. The van der Waals surface area contributed by atoms with Gasteiger partial charge < -0.3 is 27.2 Å². The number of carbonyl (C=O) groups excluding carboxylic acids is 2. The number of hydrogen-bond acceptors (Lipinski definition) is 7. The molecule has 0 aliphatic heterocycles. The molecule has 1 rings (SSSR count). The average molecular weight is 287 g/mol. The molecule has 9 heteroatoms. The van der Waals surface area contributed by atoms with Crippen LogP contribution in [0.5, 0.6) is 0 Å². The molecule has 1 aromatic rings. The van der Waals surface area contributed by atoms with Crippen LogP contribution in [0.3, 0.4) is 0 Å². The summed E-state index contributed by atoms with van der Waals surface area (Å²) in [5, 5.41) is 15.1. The van der Waals surface area contributed by atoms with Gasteiger partial charge in [0.2, 0.25) is 5.91 Å². The summed E-state index contributed by atoms with van der Waals surface area (Å²) in [5.41, 5.74) is 10.8. The second-order valence-electron chi connectivity index (χ2n) is 4.20. The van der Waals surface area contributed by atoms with Crippen molar-refractivity contribution < 1.29 is 14.7 Å². The van der Waals surface area contributed by atoms with E-state index in [2.05, 4.69) is 15.0 Å². The number of aliphatic hydroxyl groups excluding tert-OH is 1. The smallest absolute Gasteiger partial charge is 0.258 e. The van der Waals surface area contributed by atoms with Crippen LogP contribution in [-0.4, -0.2) is 40.0 Å². The Hall–Kier alpha value is -1.87. The van der Waals surface area contributed by atoms with Gasteiger partial charge in [0.05, 0.1) is 6.54 Å². The summed E-state index contributed by atoms with van der Waals surface area (Å²) in [6.07, 6.45) is -1.34. The zero-order chi connectivity index (χ0) is 14.6. The van der Waals surface area contributed by atoms with Crippen LogP contribution in [0.15, 0.2) is 0 Å². The molecule has 0 aromatic carbocycles. The lowest BCUT2D eigenvalue weighted by Crippen LogP contribution is -2.35. The van der Waals surface area contributed by atoms with Crippen molar-refractivity contribution in [2.75, 3.05) is 17.6 Å². The third-order valence-corrected chi connectivity index (χ3v) is 2.97. The number of amides is 2. The van der Waals surface area contributed by atoms with E-state index in [0.29, 0.717) is 5.00 Å². The number of nitrogens with zero attached hydrogens (tertiary/aromatic N) is 1. The topological polar surface area (TPSA) is 143 Å². The van der Waals surface area contributed by atoms with Crippen molar-refractivity contribution in [3.8, 4) is 0 Å². The highest BCUT2D eigenvalue weighted by molar-refractivity contribution is 7.11. The van der Waals surface area contributed by atoms with E-state index >= 15 is 0 Å². The minimum atomic E-state index is -1.34. The van der Waals surface area contributed by atoms with E-state index in [4.69, 9.17) is 11.5 Å². The van der Waals surface area contributed by atoms with Crippen molar-refractivity contribution in [1.82, 2.24) is 9.69 Å². The zero-order valence-electron chi connectivity index (χ0n) is 10.6. The molecule has 1 unspecified atom stereocenters. The molecule has 8 nitrogen and oxygen atoms in total. The number of anilines is 2. The van der Waals surface area contributed by atoms with E-state index in [1.165, 1.54) is 0 Å². The number of nitrogens with two attached hydrogens (primary N) is 2. The van der Waals surface area contributed by atoms with Crippen molar-refractivity contribution >= 4 is 34.2 Å². The maximum atomic E-state index is 11.9. The number of aliphatic hydroxyl groups is 1. The van der Waals surface area contributed by atoms with Gasteiger partial charge in [-0.3, -0.25) is 9.59 Å². The van der Waals surface area contributed by atoms with Crippen molar-refractivity contribution in [2.24, 2.45) is 5.73 Å². The van der Waals surface area contributed by atoms with E-state index in [9.17, 15) is 14.7 Å². The summed E-state index contributed by atoms with van der Waals surface area (Å²) < 4.78 is 3.87. The third-order valence-electron chi connectivity index (χ3n) is 2.15. The van der Waals surface area contributed by atoms with Crippen molar-refractivity contribution in [2.45, 2.75) is 26.0 Å². The molecule has 0 saturated carbocycles. The van der Waals surface area contributed by atoms with Crippen LogP contribution in [0, 0.1) is 0 Å². The lowest BCUT2D eigenvalue weighted by atomic mass is 10.2. The lowest BCUT2D eigenvalue weighted by molar-refractivity contribution is -0.125. The molecule has 0 fully saturated rings. The minimum Gasteiger partial charge on any atom is -0.382 e. The molecule has 1 heterocycles. The number of nitrogens with one attached hydrogen (secondary N) is 2. The normalized spacial score (nSPS) is 12.2. The van der Waals surface area contributed by atoms with E-state index in [1.54, 1.807) is 0 Å². The number of nitrogen functional groups attached to an aromatic ring is 1. The van der Waals surface area contributed by atoms with E-state index in [0.717, 1.165) is 11.5 Å². The summed E-state index contributed by atoms with van der Waals surface area (Å²) in [5.74, 6) is -1.12. The van der Waals surface area contributed by atoms with Crippen LogP contribution in [0.1, 0.15) is 24.2 Å². The summed E-state index contributed by atoms with van der Waals surface area (Å²) in [4.78, 5) is 22.6. The Kier molecular flexibility index (Phi) is 5.07. The van der Waals surface area contributed by atoms with Gasteiger partial charge in [0.1, 0.15) is 16.7 Å². The molecule has 1 atom stereocenters.